The highest BCUT2D eigenvalue weighted by Gasteiger charge is 2.34. The van der Waals surface area contributed by atoms with Crippen molar-refractivity contribution in [1.82, 2.24) is 14.6 Å². The molecule has 3 rings (SSSR count). The van der Waals surface area contributed by atoms with Crippen molar-refractivity contribution in [2.24, 2.45) is 0 Å². The highest BCUT2D eigenvalue weighted by atomic mass is 32.2. The molecule has 1 aromatic heterocycles. The van der Waals surface area contributed by atoms with Gasteiger partial charge in [0.1, 0.15) is 5.52 Å². The topological polar surface area (TPSA) is 75.4 Å². The summed E-state index contributed by atoms with van der Waals surface area (Å²) in [6.07, 6.45) is 0. The molecule has 1 aliphatic heterocycles. The van der Waals surface area contributed by atoms with Crippen molar-refractivity contribution in [2.75, 3.05) is 19.6 Å². The molecule has 0 saturated carbocycles. The predicted molar refractivity (Wildman–Crippen MR) is 70.2 cm³/mol. The normalized spacial score (nSPS) is 21.8. The lowest BCUT2D eigenvalue weighted by molar-refractivity contribution is 0.275. The molecule has 0 amide bonds. The van der Waals surface area contributed by atoms with Crippen LogP contribution in [0.5, 0.6) is 0 Å². The summed E-state index contributed by atoms with van der Waals surface area (Å²) < 4.78 is 31.8. The minimum absolute atomic E-state index is 0.103. The van der Waals surface area contributed by atoms with Crippen LogP contribution in [0.25, 0.3) is 11.1 Å². The van der Waals surface area contributed by atoms with E-state index in [0.717, 1.165) is 0 Å². The molecule has 1 N–H and O–H groups in total. The zero-order valence-corrected chi connectivity index (χ0v) is 11.4. The molecule has 0 radical (unpaired) electrons. The van der Waals surface area contributed by atoms with Gasteiger partial charge in [-0.1, -0.05) is 12.1 Å². The first kappa shape index (κ1) is 12.6. The minimum Gasteiger partial charge on any atom is -0.427 e. The van der Waals surface area contributed by atoms with Crippen LogP contribution in [0.2, 0.25) is 0 Å². The molecule has 6 nitrogen and oxygen atoms in total. The predicted octanol–water partition coefficient (Wildman–Crippen LogP) is 0.810. The smallest absolute Gasteiger partial charge is 0.332 e. The van der Waals surface area contributed by atoms with Gasteiger partial charge in [0.15, 0.2) is 5.58 Å². The molecule has 2 aromatic rings. The number of para-hydroxylation sites is 2. The number of piperazine rings is 1. The van der Waals surface area contributed by atoms with Crippen molar-refractivity contribution in [1.29, 1.82) is 0 Å². The Kier molecular flexibility index (Phi) is 3.04. The summed E-state index contributed by atoms with van der Waals surface area (Å²) in [5, 5.41) is 2.94. The average Bonchev–Trinajstić information content (AvgIpc) is 2.83. The van der Waals surface area contributed by atoms with Gasteiger partial charge >= 0.3 is 5.22 Å². The number of hydrogen-bond donors (Lipinski definition) is 1. The van der Waals surface area contributed by atoms with Crippen LogP contribution in [0.3, 0.4) is 0 Å². The lowest BCUT2D eigenvalue weighted by Crippen LogP contribution is -2.52. The molecular weight excluding hydrogens is 266 g/mol. The third-order valence-electron chi connectivity index (χ3n) is 3.24. The van der Waals surface area contributed by atoms with E-state index in [1.54, 1.807) is 24.3 Å². The van der Waals surface area contributed by atoms with E-state index in [1.165, 1.54) is 4.31 Å². The van der Waals surface area contributed by atoms with Crippen LogP contribution in [-0.2, 0) is 10.0 Å². The van der Waals surface area contributed by atoms with E-state index in [2.05, 4.69) is 10.3 Å². The van der Waals surface area contributed by atoms with E-state index in [4.69, 9.17) is 4.42 Å². The van der Waals surface area contributed by atoms with Crippen molar-refractivity contribution < 1.29 is 12.8 Å². The third kappa shape index (κ3) is 2.13. The maximum atomic E-state index is 12.5. The summed E-state index contributed by atoms with van der Waals surface area (Å²) in [5.74, 6) is 0. The maximum absolute atomic E-state index is 12.5. The monoisotopic (exact) mass is 281 g/mol. The SMILES string of the molecule is C[C@H]1CNCCN1S(=O)(=O)c1nc2ccccc2o1. The fourth-order valence-electron chi connectivity index (χ4n) is 2.24. The first-order valence-electron chi connectivity index (χ1n) is 6.17. The minimum atomic E-state index is -3.66. The van der Waals surface area contributed by atoms with E-state index in [-0.39, 0.29) is 11.3 Å². The summed E-state index contributed by atoms with van der Waals surface area (Å²) in [7, 11) is -3.66. The largest absolute Gasteiger partial charge is 0.427 e. The van der Waals surface area contributed by atoms with E-state index in [1.807, 2.05) is 6.92 Å². The molecule has 1 fully saturated rings. The van der Waals surface area contributed by atoms with Crippen LogP contribution in [0.4, 0.5) is 0 Å². The Morgan fingerprint density at radius 3 is 2.95 bits per heavy atom. The third-order valence-corrected chi connectivity index (χ3v) is 5.02. The Bertz CT molecular complexity index is 662. The molecule has 7 heteroatoms. The molecule has 19 heavy (non-hydrogen) atoms. The second-order valence-electron chi connectivity index (χ2n) is 4.62. The number of benzene rings is 1. The summed E-state index contributed by atoms with van der Waals surface area (Å²) in [4.78, 5) is 4.08. The highest BCUT2D eigenvalue weighted by Crippen LogP contribution is 2.23. The number of sulfonamides is 1. The van der Waals surface area contributed by atoms with Crippen LogP contribution < -0.4 is 5.32 Å². The quantitative estimate of drug-likeness (QED) is 0.881. The summed E-state index contributed by atoms with van der Waals surface area (Å²) in [6.45, 7) is 3.58. The van der Waals surface area contributed by atoms with Gasteiger partial charge in [-0.3, -0.25) is 0 Å². The molecule has 0 spiro atoms. The van der Waals surface area contributed by atoms with Gasteiger partial charge in [0.25, 0.3) is 10.0 Å². The van der Waals surface area contributed by atoms with Crippen LogP contribution in [0, 0.1) is 0 Å². The number of fused-ring (bicyclic) bond motifs is 1. The van der Waals surface area contributed by atoms with Crippen molar-refractivity contribution >= 4 is 21.1 Å². The van der Waals surface area contributed by atoms with Gasteiger partial charge in [-0.15, -0.1) is 0 Å². The number of nitrogens with one attached hydrogen (secondary N) is 1. The Morgan fingerprint density at radius 1 is 1.42 bits per heavy atom. The molecule has 0 aliphatic carbocycles. The van der Waals surface area contributed by atoms with Crippen LogP contribution in [0.1, 0.15) is 6.92 Å². The fourth-order valence-corrected chi connectivity index (χ4v) is 3.73. The van der Waals surface area contributed by atoms with Crippen molar-refractivity contribution in [3.63, 3.8) is 0 Å². The second kappa shape index (κ2) is 4.59. The lowest BCUT2D eigenvalue weighted by Gasteiger charge is -2.31. The molecule has 0 bridgehead atoms. The first-order chi connectivity index (χ1) is 9.09. The zero-order chi connectivity index (χ0) is 13.5. The van der Waals surface area contributed by atoms with Gasteiger partial charge in [0.05, 0.1) is 0 Å². The van der Waals surface area contributed by atoms with Crippen molar-refractivity contribution in [3.05, 3.63) is 24.3 Å². The molecule has 102 valence electrons. The molecule has 0 unspecified atom stereocenters. The van der Waals surface area contributed by atoms with Crippen molar-refractivity contribution in [2.45, 2.75) is 18.2 Å². The van der Waals surface area contributed by atoms with Gasteiger partial charge in [-0.05, 0) is 19.1 Å². The Morgan fingerprint density at radius 2 is 2.21 bits per heavy atom. The molecule has 1 saturated heterocycles. The number of oxazole rings is 1. The zero-order valence-electron chi connectivity index (χ0n) is 10.5. The van der Waals surface area contributed by atoms with Crippen LogP contribution in [0.15, 0.2) is 33.9 Å². The summed E-state index contributed by atoms with van der Waals surface area (Å²) in [6, 6.07) is 6.93. The Labute approximate surface area is 111 Å². The molecule has 1 aliphatic rings. The van der Waals surface area contributed by atoms with Crippen LogP contribution >= 0.6 is 0 Å². The maximum Gasteiger partial charge on any atom is 0.332 e. The van der Waals surface area contributed by atoms with Gasteiger partial charge in [-0.2, -0.15) is 9.29 Å². The van der Waals surface area contributed by atoms with Crippen LogP contribution in [-0.4, -0.2) is 43.4 Å². The van der Waals surface area contributed by atoms with Gasteiger partial charge in [0.2, 0.25) is 0 Å². The van der Waals surface area contributed by atoms with Gasteiger partial charge in [0, 0.05) is 25.7 Å². The number of nitrogens with zero attached hydrogens (tertiary/aromatic N) is 2. The van der Waals surface area contributed by atoms with E-state index in [0.29, 0.717) is 30.7 Å². The van der Waals surface area contributed by atoms with Gasteiger partial charge in [-0.25, -0.2) is 8.42 Å². The fraction of sp³-hybridized carbons (Fsp3) is 0.417. The molecular formula is C12H15N3O3S. The van der Waals surface area contributed by atoms with E-state index >= 15 is 0 Å². The summed E-state index contributed by atoms with van der Waals surface area (Å²) >= 11 is 0. The van der Waals surface area contributed by atoms with Crippen molar-refractivity contribution in [3.8, 4) is 0 Å². The molecule has 1 atom stereocenters. The molecule has 1 aromatic carbocycles. The molecule has 2 heterocycles. The van der Waals surface area contributed by atoms with Gasteiger partial charge < -0.3 is 9.73 Å². The Balaban J connectivity index is 2.03. The number of rotatable bonds is 2. The number of aromatic nitrogens is 1. The summed E-state index contributed by atoms with van der Waals surface area (Å²) in [5.41, 5.74) is 1.05. The number of hydrogen-bond acceptors (Lipinski definition) is 5. The Hall–Kier alpha value is -1.44. The van der Waals surface area contributed by atoms with E-state index in [9.17, 15) is 8.42 Å². The van der Waals surface area contributed by atoms with E-state index < -0.39 is 10.0 Å². The average molecular weight is 281 g/mol. The second-order valence-corrected chi connectivity index (χ2v) is 6.38. The highest BCUT2D eigenvalue weighted by molar-refractivity contribution is 7.88. The lowest BCUT2D eigenvalue weighted by atomic mass is 10.3. The first-order valence-corrected chi connectivity index (χ1v) is 7.61. The standard InChI is InChI=1S/C12H15N3O3S/c1-9-8-13-6-7-15(9)19(16,17)12-14-10-4-2-3-5-11(10)18-12/h2-5,9,13H,6-8H2,1H3/t9-/m0/s1.